The molecule has 0 radical (unpaired) electrons. The highest BCUT2D eigenvalue weighted by Crippen LogP contribution is 2.45. The van der Waals surface area contributed by atoms with Gasteiger partial charge in [0.15, 0.2) is 12.4 Å². The van der Waals surface area contributed by atoms with Crippen LogP contribution in [0.15, 0.2) is 30.3 Å². The Bertz CT molecular complexity index is 941. The van der Waals surface area contributed by atoms with Crippen molar-refractivity contribution in [2.75, 3.05) is 32.8 Å². The number of ether oxygens (including phenoxy) is 1. The van der Waals surface area contributed by atoms with Crippen LogP contribution in [0.1, 0.15) is 30.9 Å². The maximum absolute atomic E-state index is 12.8. The smallest absolute Gasteiger partial charge is 0.260 e. The Hall–Kier alpha value is -2.90. The number of nitrogens with zero attached hydrogens (tertiary/aromatic N) is 4. The van der Waals surface area contributed by atoms with E-state index in [2.05, 4.69) is 15.2 Å². The van der Waals surface area contributed by atoms with Gasteiger partial charge in [-0.3, -0.25) is 14.7 Å². The Morgan fingerprint density at radius 2 is 1.97 bits per heavy atom. The number of amides is 2. The van der Waals surface area contributed by atoms with Crippen LogP contribution in [0, 0.1) is 18.8 Å². The third-order valence-corrected chi connectivity index (χ3v) is 6.70. The van der Waals surface area contributed by atoms with Crippen LogP contribution in [0.5, 0.6) is 5.75 Å². The molecule has 1 aromatic carbocycles. The second kappa shape index (κ2) is 7.41. The van der Waals surface area contributed by atoms with E-state index >= 15 is 0 Å². The average molecular weight is 409 g/mol. The van der Waals surface area contributed by atoms with Gasteiger partial charge in [-0.2, -0.15) is 5.10 Å². The topological polar surface area (TPSA) is 91.4 Å². The number of fused-ring (bicyclic) bond motifs is 1. The molecule has 1 N–H and O–H groups in total. The van der Waals surface area contributed by atoms with Gasteiger partial charge in [0.2, 0.25) is 5.91 Å². The van der Waals surface area contributed by atoms with E-state index in [0.29, 0.717) is 31.9 Å². The van der Waals surface area contributed by atoms with E-state index in [4.69, 9.17) is 4.74 Å². The number of aryl methyl sites for hydroxylation is 1. The number of piperidine rings is 1. The molecule has 8 nitrogen and oxygen atoms in total. The molecule has 3 fully saturated rings. The molecule has 3 heterocycles. The number of hydrogen-bond acceptors (Lipinski definition) is 5. The van der Waals surface area contributed by atoms with E-state index in [9.17, 15) is 9.59 Å². The van der Waals surface area contributed by atoms with Gasteiger partial charge in [0.1, 0.15) is 11.6 Å². The first-order chi connectivity index (χ1) is 14.5. The van der Waals surface area contributed by atoms with E-state index in [0.717, 1.165) is 30.9 Å². The fraction of sp³-hybridized carbons (Fsp3) is 0.545. The van der Waals surface area contributed by atoms with Crippen molar-refractivity contribution in [1.29, 1.82) is 0 Å². The van der Waals surface area contributed by atoms with Gasteiger partial charge in [-0.1, -0.05) is 18.2 Å². The van der Waals surface area contributed by atoms with Gasteiger partial charge in [0.05, 0.1) is 5.41 Å². The van der Waals surface area contributed by atoms with E-state index in [1.165, 1.54) is 0 Å². The van der Waals surface area contributed by atoms with Crippen molar-refractivity contribution in [3.05, 3.63) is 42.0 Å². The summed E-state index contributed by atoms with van der Waals surface area (Å²) in [6.07, 6.45) is 2.74. The van der Waals surface area contributed by atoms with Crippen LogP contribution in [-0.2, 0) is 15.0 Å². The highest BCUT2D eigenvalue weighted by molar-refractivity contribution is 5.82. The Morgan fingerprint density at radius 3 is 2.67 bits per heavy atom. The van der Waals surface area contributed by atoms with Crippen LogP contribution in [0.3, 0.4) is 0 Å². The maximum atomic E-state index is 12.8. The van der Waals surface area contributed by atoms with Crippen molar-refractivity contribution in [3.8, 4) is 5.75 Å². The number of aromatic nitrogens is 3. The molecule has 0 spiro atoms. The van der Waals surface area contributed by atoms with Gasteiger partial charge in [-0.05, 0) is 38.3 Å². The fourth-order valence-corrected chi connectivity index (χ4v) is 4.85. The van der Waals surface area contributed by atoms with E-state index in [1.807, 2.05) is 47.1 Å². The summed E-state index contributed by atoms with van der Waals surface area (Å²) in [5.74, 6) is 2.80. The molecule has 3 aliphatic rings. The lowest BCUT2D eigenvalue weighted by Gasteiger charge is -2.41. The van der Waals surface area contributed by atoms with Crippen molar-refractivity contribution >= 4 is 11.8 Å². The summed E-state index contributed by atoms with van der Waals surface area (Å²) in [5.41, 5.74) is -0.285. The van der Waals surface area contributed by atoms with Gasteiger partial charge < -0.3 is 14.5 Å². The van der Waals surface area contributed by atoms with Crippen molar-refractivity contribution in [2.45, 2.75) is 31.6 Å². The fourth-order valence-electron chi connectivity index (χ4n) is 4.85. The van der Waals surface area contributed by atoms with E-state index in [-0.39, 0.29) is 35.7 Å². The zero-order valence-corrected chi connectivity index (χ0v) is 17.2. The third kappa shape index (κ3) is 3.44. The number of H-pyrrole nitrogens is 1. The molecular formula is C22H27N5O3. The molecule has 8 heteroatoms. The number of para-hydroxylation sites is 1. The summed E-state index contributed by atoms with van der Waals surface area (Å²) in [5, 5.41) is 7.43. The van der Waals surface area contributed by atoms with Gasteiger partial charge in [-0.15, -0.1) is 0 Å². The Balaban J connectivity index is 1.31. The van der Waals surface area contributed by atoms with Crippen LogP contribution < -0.4 is 4.74 Å². The molecule has 1 aliphatic carbocycles. The van der Waals surface area contributed by atoms with Crippen LogP contribution >= 0.6 is 0 Å². The van der Waals surface area contributed by atoms with Crippen molar-refractivity contribution in [2.24, 2.45) is 11.8 Å². The molecule has 30 heavy (non-hydrogen) atoms. The number of aromatic amines is 1. The number of nitrogens with one attached hydrogen (secondary N) is 1. The predicted molar refractivity (Wildman–Crippen MR) is 109 cm³/mol. The Labute approximate surface area is 175 Å². The first kappa shape index (κ1) is 19.1. The van der Waals surface area contributed by atoms with Crippen LogP contribution in [-0.4, -0.2) is 69.6 Å². The SMILES string of the molecule is Cc1nc([C@@]23CCN(C(=O)COc4ccccc4)C[C@@H]2CN(C(=O)C2CC2)C3)n[nH]1. The zero-order valence-electron chi connectivity index (χ0n) is 17.2. The monoisotopic (exact) mass is 409 g/mol. The summed E-state index contributed by atoms with van der Waals surface area (Å²) in [6.45, 7) is 4.43. The number of carbonyl (C=O) groups is 2. The standard InChI is InChI=1S/C22H27N5O3/c1-15-23-21(25-24-15)22-9-10-26(19(28)13-30-18-5-3-2-4-6-18)11-17(22)12-27(14-22)20(29)16-7-8-16/h2-6,16-17H,7-14H2,1H3,(H,23,24,25)/t17-,22-/m1/s1. The zero-order chi connectivity index (χ0) is 20.7. The highest BCUT2D eigenvalue weighted by Gasteiger charge is 2.55. The van der Waals surface area contributed by atoms with Crippen molar-refractivity contribution in [1.82, 2.24) is 25.0 Å². The minimum absolute atomic E-state index is 0.0220. The molecule has 5 rings (SSSR count). The van der Waals surface area contributed by atoms with Crippen molar-refractivity contribution in [3.63, 3.8) is 0 Å². The largest absolute Gasteiger partial charge is 0.484 e. The third-order valence-electron chi connectivity index (χ3n) is 6.70. The minimum Gasteiger partial charge on any atom is -0.484 e. The van der Waals surface area contributed by atoms with Crippen LogP contribution in [0.4, 0.5) is 0 Å². The quantitative estimate of drug-likeness (QED) is 0.809. The first-order valence-electron chi connectivity index (χ1n) is 10.7. The molecule has 0 bridgehead atoms. The lowest BCUT2D eigenvalue weighted by molar-refractivity contribution is -0.136. The van der Waals surface area contributed by atoms with Gasteiger partial charge in [0, 0.05) is 38.0 Å². The Kier molecular flexibility index (Phi) is 4.72. The summed E-state index contributed by atoms with van der Waals surface area (Å²) in [6, 6.07) is 9.38. The summed E-state index contributed by atoms with van der Waals surface area (Å²) in [7, 11) is 0. The van der Waals surface area contributed by atoms with Crippen LogP contribution in [0.25, 0.3) is 0 Å². The highest BCUT2D eigenvalue weighted by atomic mass is 16.5. The Morgan fingerprint density at radius 1 is 1.20 bits per heavy atom. The molecule has 1 aromatic heterocycles. The summed E-state index contributed by atoms with van der Waals surface area (Å²) in [4.78, 5) is 34.1. The molecular weight excluding hydrogens is 382 g/mol. The average Bonchev–Trinajstić information content (AvgIpc) is 3.40. The lowest BCUT2D eigenvalue weighted by Crippen LogP contribution is -2.52. The van der Waals surface area contributed by atoms with Crippen molar-refractivity contribution < 1.29 is 14.3 Å². The van der Waals surface area contributed by atoms with E-state index in [1.54, 1.807) is 0 Å². The van der Waals surface area contributed by atoms with E-state index < -0.39 is 0 Å². The molecule has 2 aromatic rings. The maximum Gasteiger partial charge on any atom is 0.260 e. The molecule has 2 saturated heterocycles. The second-order valence-corrected chi connectivity index (χ2v) is 8.78. The molecule has 1 saturated carbocycles. The van der Waals surface area contributed by atoms with Gasteiger partial charge in [-0.25, -0.2) is 4.98 Å². The lowest BCUT2D eigenvalue weighted by atomic mass is 9.72. The summed E-state index contributed by atoms with van der Waals surface area (Å²) < 4.78 is 5.66. The normalized spacial score (nSPS) is 25.8. The van der Waals surface area contributed by atoms with Gasteiger partial charge >= 0.3 is 0 Å². The first-order valence-corrected chi connectivity index (χ1v) is 10.7. The minimum atomic E-state index is -0.285. The number of rotatable bonds is 5. The van der Waals surface area contributed by atoms with Gasteiger partial charge in [0.25, 0.3) is 5.91 Å². The van der Waals surface area contributed by atoms with Crippen LogP contribution in [0.2, 0.25) is 0 Å². The molecule has 2 amide bonds. The molecule has 0 unspecified atom stereocenters. The number of hydrogen-bond donors (Lipinski definition) is 1. The molecule has 2 aliphatic heterocycles. The second-order valence-electron chi connectivity index (χ2n) is 8.78. The number of benzene rings is 1. The number of carbonyl (C=O) groups excluding carboxylic acids is 2. The summed E-state index contributed by atoms with van der Waals surface area (Å²) >= 11 is 0. The molecule has 2 atom stereocenters. The molecule has 158 valence electrons. The predicted octanol–water partition coefficient (Wildman–Crippen LogP) is 1.53. The number of likely N-dealkylation sites (tertiary alicyclic amines) is 2.